The molecular formula is C38H30N2. The number of benzene rings is 3. The highest BCUT2D eigenvalue weighted by Crippen LogP contribution is 2.36. The summed E-state index contributed by atoms with van der Waals surface area (Å²) in [7, 11) is 0. The fourth-order valence-corrected chi connectivity index (χ4v) is 6.74. The summed E-state index contributed by atoms with van der Waals surface area (Å²) < 4.78 is 4.86. The van der Waals surface area contributed by atoms with Crippen molar-refractivity contribution >= 4 is 29.1 Å². The molecule has 0 saturated carbocycles. The fraction of sp³-hybridized carbons (Fsp3) is 0.158. The third kappa shape index (κ3) is 3.74. The molecule has 3 aromatic carbocycles. The zero-order chi connectivity index (χ0) is 26.5. The summed E-state index contributed by atoms with van der Waals surface area (Å²) in [5.41, 5.74) is 14.3. The number of para-hydroxylation sites is 1. The molecule has 0 aliphatic heterocycles. The summed E-state index contributed by atoms with van der Waals surface area (Å²) in [4.78, 5) is 0. The van der Waals surface area contributed by atoms with Gasteiger partial charge in [0, 0.05) is 50.5 Å². The van der Waals surface area contributed by atoms with Crippen LogP contribution in [0.1, 0.15) is 64.2 Å². The Morgan fingerprint density at radius 3 is 1.73 bits per heavy atom. The van der Waals surface area contributed by atoms with E-state index in [0.717, 1.165) is 49.7 Å². The molecule has 5 aromatic rings. The van der Waals surface area contributed by atoms with Crippen LogP contribution in [0.25, 0.3) is 40.5 Å². The van der Waals surface area contributed by atoms with E-state index in [9.17, 15) is 0 Å². The molecule has 0 spiro atoms. The van der Waals surface area contributed by atoms with Crippen LogP contribution in [-0.2, 0) is 19.3 Å². The van der Waals surface area contributed by atoms with Gasteiger partial charge in [-0.15, -0.1) is 0 Å². The van der Waals surface area contributed by atoms with Crippen LogP contribution in [0.4, 0.5) is 0 Å². The first-order valence-electron chi connectivity index (χ1n) is 14.5. The molecule has 0 unspecified atom stereocenters. The van der Waals surface area contributed by atoms with Crippen molar-refractivity contribution < 1.29 is 0 Å². The van der Waals surface area contributed by atoms with Gasteiger partial charge in [0.25, 0.3) is 0 Å². The van der Waals surface area contributed by atoms with Crippen LogP contribution in [0, 0.1) is 11.8 Å². The minimum atomic E-state index is 1.03. The molecule has 2 heterocycles. The molecule has 0 bridgehead atoms. The van der Waals surface area contributed by atoms with Gasteiger partial charge in [-0.1, -0.05) is 54.3 Å². The molecule has 0 fully saturated rings. The molecule has 0 N–H and O–H groups in total. The average molecular weight is 515 g/mol. The van der Waals surface area contributed by atoms with E-state index < -0.39 is 0 Å². The standard InChI is InChI=1S/C38H30N2/c1-5-13-35-31(9-1)32-10-2-6-14-36(32)39(35)29-23-19-27(20-24-29)17-18-28-21-25-30(26-22-28)40-37-15-7-3-11-33(37)34-12-4-8-16-38(34)40/h1-2,5,7-10,13,15-16,19-26H,3-4,6,11-12,14H2. The van der Waals surface area contributed by atoms with Crippen LogP contribution in [-0.4, -0.2) is 9.13 Å². The maximum Gasteiger partial charge on any atom is 0.0537 e. The van der Waals surface area contributed by atoms with E-state index in [1.807, 2.05) is 0 Å². The van der Waals surface area contributed by atoms with Gasteiger partial charge in [-0.25, -0.2) is 0 Å². The Bertz CT molecular complexity index is 1880. The van der Waals surface area contributed by atoms with Gasteiger partial charge in [0.15, 0.2) is 0 Å². The lowest BCUT2D eigenvalue weighted by atomic mass is 9.94. The summed E-state index contributed by atoms with van der Waals surface area (Å²) in [6.45, 7) is 0. The molecule has 0 amide bonds. The van der Waals surface area contributed by atoms with Gasteiger partial charge in [-0.05, 0) is 116 Å². The predicted octanol–water partition coefficient (Wildman–Crippen LogP) is 8.70. The van der Waals surface area contributed by atoms with Crippen LogP contribution in [0.2, 0.25) is 0 Å². The highest BCUT2D eigenvalue weighted by atomic mass is 15.0. The van der Waals surface area contributed by atoms with E-state index in [1.54, 1.807) is 11.1 Å². The van der Waals surface area contributed by atoms with Crippen molar-refractivity contribution in [3.63, 3.8) is 0 Å². The Hall–Kier alpha value is -4.74. The van der Waals surface area contributed by atoms with Gasteiger partial charge in [0.1, 0.15) is 0 Å². The van der Waals surface area contributed by atoms with Crippen molar-refractivity contribution in [1.82, 2.24) is 9.13 Å². The first kappa shape index (κ1) is 23.2. The molecule has 3 aliphatic carbocycles. The van der Waals surface area contributed by atoms with Gasteiger partial charge in [0.05, 0.1) is 5.52 Å². The monoisotopic (exact) mass is 514 g/mol. The van der Waals surface area contributed by atoms with Crippen molar-refractivity contribution in [2.45, 2.75) is 38.5 Å². The molecule has 2 heteroatoms. The number of nitrogens with zero attached hydrogens (tertiary/aromatic N) is 2. The van der Waals surface area contributed by atoms with Crippen LogP contribution in [0.15, 0.2) is 91.0 Å². The van der Waals surface area contributed by atoms with Gasteiger partial charge < -0.3 is 9.13 Å². The molecule has 40 heavy (non-hydrogen) atoms. The second-order valence-electron chi connectivity index (χ2n) is 10.9. The quantitative estimate of drug-likeness (QED) is 0.209. The summed E-state index contributed by atoms with van der Waals surface area (Å²) in [6.07, 6.45) is 20.6. The van der Waals surface area contributed by atoms with Crippen LogP contribution in [0.5, 0.6) is 0 Å². The minimum absolute atomic E-state index is 1.03. The second-order valence-corrected chi connectivity index (χ2v) is 10.9. The van der Waals surface area contributed by atoms with Crippen molar-refractivity contribution in [3.8, 4) is 23.2 Å². The number of fused-ring (bicyclic) bond motifs is 6. The summed E-state index contributed by atoms with van der Waals surface area (Å²) >= 11 is 0. The molecule has 0 saturated heterocycles. The molecule has 0 radical (unpaired) electrons. The number of rotatable bonds is 2. The smallest absolute Gasteiger partial charge is 0.0537 e. The van der Waals surface area contributed by atoms with E-state index in [2.05, 4.69) is 130 Å². The number of hydrogen-bond acceptors (Lipinski definition) is 0. The number of aromatic nitrogens is 2. The van der Waals surface area contributed by atoms with Gasteiger partial charge in [-0.3, -0.25) is 0 Å². The van der Waals surface area contributed by atoms with Gasteiger partial charge in [-0.2, -0.15) is 0 Å². The maximum atomic E-state index is 3.39. The molecule has 0 atom stereocenters. The zero-order valence-corrected chi connectivity index (χ0v) is 22.5. The van der Waals surface area contributed by atoms with Gasteiger partial charge in [0.2, 0.25) is 0 Å². The molecule has 192 valence electrons. The topological polar surface area (TPSA) is 9.86 Å². The highest BCUT2D eigenvalue weighted by Gasteiger charge is 2.23. The normalized spacial score (nSPS) is 14.9. The van der Waals surface area contributed by atoms with E-state index >= 15 is 0 Å². The van der Waals surface area contributed by atoms with E-state index in [-0.39, 0.29) is 0 Å². The Morgan fingerprint density at radius 2 is 1.07 bits per heavy atom. The van der Waals surface area contributed by atoms with Crippen molar-refractivity contribution in [3.05, 3.63) is 136 Å². The Morgan fingerprint density at radius 1 is 0.525 bits per heavy atom. The lowest BCUT2D eigenvalue weighted by Gasteiger charge is -2.13. The lowest BCUT2D eigenvalue weighted by molar-refractivity contribution is 0.888. The minimum Gasteiger partial charge on any atom is -0.313 e. The van der Waals surface area contributed by atoms with E-state index in [0.29, 0.717) is 0 Å². The van der Waals surface area contributed by atoms with Gasteiger partial charge >= 0.3 is 0 Å². The Balaban J connectivity index is 1.09. The first-order chi connectivity index (χ1) is 19.8. The third-order valence-electron chi connectivity index (χ3n) is 8.59. The van der Waals surface area contributed by atoms with Crippen LogP contribution in [0.3, 0.4) is 0 Å². The van der Waals surface area contributed by atoms with Crippen LogP contribution >= 0.6 is 0 Å². The molecular weight excluding hydrogens is 484 g/mol. The van der Waals surface area contributed by atoms with E-state index in [4.69, 9.17) is 0 Å². The number of hydrogen-bond donors (Lipinski definition) is 0. The maximum absolute atomic E-state index is 3.39. The highest BCUT2D eigenvalue weighted by molar-refractivity contribution is 5.93. The fourth-order valence-electron chi connectivity index (χ4n) is 6.74. The Kier molecular flexibility index (Phi) is 5.49. The predicted molar refractivity (Wildman–Crippen MR) is 167 cm³/mol. The molecule has 2 aromatic heterocycles. The van der Waals surface area contributed by atoms with Crippen molar-refractivity contribution in [2.24, 2.45) is 0 Å². The van der Waals surface area contributed by atoms with Crippen LogP contribution < -0.4 is 0 Å². The lowest BCUT2D eigenvalue weighted by Crippen LogP contribution is -2.02. The zero-order valence-electron chi connectivity index (χ0n) is 22.5. The first-order valence-corrected chi connectivity index (χ1v) is 14.5. The SMILES string of the molecule is C(#Cc1ccc(-n2c3c(c4ccccc42)C=CCC3)cc1)c1ccc(-n2c3c(c4c2C=CCC4)CCC=C3)cc1. The van der Waals surface area contributed by atoms with Crippen molar-refractivity contribution in [2.75, 3.05) is 0 Å². The summed E-state index contributed by atoms with van der Waals surface area (Å²) in [5, 5.41) is 1.33. The molecule has 3 aliphatic rings. The molecule has 2 nitrogen and oxygen atoms in total. The third-order valence-corrected chi connectivity index (χ3v) is 8.59. The largest absolute Gasteiger partial charge is 0.313 e. The Labute approximate surface area is 235 Å². The summed E-state index contributed by atoms with van der Waals surface area (Å²) in [5.74, 6) is 6.78. The molecule has 8 rings (SSSR count). The number of allylic oxidation sites excluding steroid dienone is 3. The van der Waals surface area contributed by atoms with Crippen molar-refractivity contribution in [1.29, 1.82) is 0 Å². The average Bonchev–Trinajstić information content (AvgIpc) is 3.54. The summed E-state index contributed by atoms with van der Waals surface area (Å²) in [6, 6.07) is 26.2. The van der Waals surface area contributed by atoms with E-state index in [1.165, 1.54) is 44.9 Å². The second kappa shape index (κ2) is 9.47.